The molecule has 3 fully saturated rings. The van der Waals surface area contributed by atoms with Crippen LogP contribution in [0.2, 0.25) is 0 Å². The number of carbonyl (C=O) groups is 2. The van der Waals surface area contributed by atoms with Crippen LogP contribution in [0.3, 0.4) is 0 Å². The molecule has 2 amide bonds. The highest BCUT2D eigenvalue weighted by atomic mass is 16.5. The van der Waals surface area contributed by atoms with Crippen LogP contribution in [0.25, 0.3) is 0 Å². The van der Waals surface area contributed by atoms with E-state index in [9.17, 15) is 9.59 Å². The summed E-state index contributed by atoms with van der Waals surface area (Å²) in [5.41, 5.74) is 0.707. The molecule has 140 valence electrons. The molecule has 0 bridgehead atoms. The van der Waals surface area contributed by atoms with Crippen molar-refractivity contribution < 1.29 is 14.3 Å². The maximum Gasteiger partial charge on any atom is 0.253 e. The van der Waals surface area contributed by atoms with E-state index in [1.54, 1.807) is 0 Å². The molecule has 4 rings (SSSR count). The highest BCUT2D eigenvalue weighted by molar-refractivity contribution is 5.94. The van der Waals surface area contributed by atoms with Crippen LogP contribution < -0.4 is 4.74 Å². The Balaban J connectivity index is 1.32. The molecule has 1 saturated carbocycles. The third-order valence-electron chi connectivity index (χ3n) is 5.72. The molecule has 0 N–H and O–H groups in total. The van der Waals surface area contributed by atoms with Gasteiger partial charge in [-0.15, -0.1) is 0 Å². The van der Waals surface area contributed by atoms with Gasteiger partial charge in [0.05, 0.1) is 6.61 Å². The van der Waals surface area contributed by atoms with Gasteiger partial charge in [-0.05, 0) is 56.7 Å². The highest BCUT2D eigenvalue weighted by Gasteiger charge is 2.35. The van der Waals surface area contributed by atoms with Crippen LogP contribution in [0.15, 0.2) is 24.3 Å². The summed E-state index contributed by atoms with van der Waals surface area (Å²) >= 11 is 0. The first-order valence-electron chi connectivity index (χ1n) is 10.0. The van der Waals surface area contributed by atoms with Gasteiger partial charge in [0.1, 0.15) is 5.75 Å². The molecule has 1 aromatic rings. The fraction of sp³-hybridized carbons (Fsp3) is 0.619. The van der Waals surface area contributed by atoms with Gasteiger partial charge in [0, 0.05) is 43.6 Å². The van der Waals surface area contributed by atoms with Gasteiger partial charge >= 0.3 is 0 Å². The standard InChI is InChI=1S/C21H28N2O3/c24-20(17-8-9-17)23-12-4-5-16(14-23)15-26-19-7-3-6-18(13-19)21(25)22-10-1-2-11-22/h3,6-7,13,16-17H,1-2,4-5,8-12,14-15H2. The second-order valence-electron chi connectivity index (χ2n) is 7.90. The molecule has 1 aliphatic carbocycles. The molecule has 2 aliphatic heterocycles. The Morgan fingerprint density at radius 2 is 1.77 bits per heavy atom. The molecule has 2 saturated heterocycles. The normalized spacial score (nSPS) is 23.2. The third-order valence-corrected chi connectivity index (χ3v) is 5.72. The fourth-order valence-electron chi connectivity index (χ4n) is 4.03. The maximum atomic E-state index is 12.5. The average Bonchev–Trinajstić information content (AvgIpc) is 3.39. The van der Waals surface area contributed by atoms with E-state index in [1.165, 1.54) is 0 Å². The van der Waals surface area contributed by atoms with E-state index in [0.717, 1.165) is 70.5 Å². The average molecular weight is 356 g/mol. The Morgan fingerprint density at radius 3 is 2.54 bits per heavy atom. The van der Waals surface area contributed by atoms with Crippen LogP contribution in [0.5, 0.6) is 5.75 Å². The lowest BCUT2D eigenvalue weighted by molar-refractivity contribution is -0.134. The number of amides is 2. The zero-order chi connectivity index (χ0) is 17.9. The molecule has 3 aliphatic rings. The Labute approximate surface area is 155 Å². The Morgan fingerprint density at radius 1 is 1.00 bits per heavy atom. The summed E-state index contributed by atoms with van der Waals surface area (Å²) < 4.78 is 5.99. The van der Waals surface area contributed by atoms with Gasteiger partial charge in [-0.1, -0.05) is 6.07 Å². The Bertz CT molecular complexity index is 665. The predicted molar refractivity (Wildman–Crippen MR) is 99.1 cm³/mol. The summed E-state index contributed by atoms with van der Waals surface area (Å²) in [5, 5.41) is 0. The summed E-state index contributed by atoms with van der Waals surface area (Å²) in [4.78, 5) is 28.7. The first-order chi connectivity index (χ1) is 12.7. The molecule has 2 heterocycles. The van der Waals surface area contributed by atoms with E-state index in [2.05, 4.69) is 0 Å². The molecule has 0 radical (unpaired) electrons. The third kappa shape index (κ3) is 4.02. The minimum Gasteiger partial charge on any atom is -0.493 e. The summed E-state index contributed by atoms with van der Waals surface area (Å²) in [5.74, 6) is 1.87. The van der Waals surface area contributed by atoms with E-state index in [4.69, 9.17) is 4.74 Å². The first-order valence-corrected chi connectivity index (χ1v) is 10.0. The molecule has 0 aromatic heterocycles. The zero-order valence-electron chi connectivity index (χ0n) is 15.4. The van der Waals surface area contributed by atoms with Gasteiger partial charge < -0.3 is 14.5 Å². The predicted octanol–water partition coefficient (Wildman–Crippen LogP) is 2.95. The van der Waals surface area contributed by atoms with E-state index < -0.39 is 0 Å². The van der Waals surface area contributed by atoms with Crippen molar-refractivity contribution in [2.75, 3.05) is 32.8 Å². The van der Waals surface area contributed by atoms with E-state index in [1.807, 2.05) is 34.1 Å². The SMILES string of the molecule is O=C(c1cccc(OCC2CCCN(C(=O)C3CC3)C2)c1)N1CCCC1. The number of ether oxygens (including phenoxy) is 1. The molecule has 1 unspecified atom stereocenters. The van der Waals surface area contributed by atoms with Crippen molar-refractivity contribution in [1.82, 2.24) is 9.80 Å². The first kappa shape index (κ1) is 17.4. The van der Waals surface area contributed by atoms with Crippen molar-refractivity contribution in [2.45, 2.75) is 38.5 Å². The lowest BCUT2D eigenvalue weighted by atomic mass is 9.98. The number of likely N-dealkylation sites (tertiary alicyclic amines) is 2. The van der Waals surface area contributed by atoms with E-state index >= 15 is 0 Å². The zero-order valence-corrected chi connectivity index (χ0v) is 15.4. The minimum absolute atomic E-state index is 0.104. The van der Waals surface area contributed by atoms with Gasteiger partial charge in [-0.3, -0.25) is 9.59 Å². The number of hydrogen-bond donors (Lipinski definition) is 0. The number of hydrogen-bond acceptors (Lipinski definition) is 3. The smallest absolute Gasteiger partial charge is 0.253 e. The van der Waals surface area contributed by atoms with Crippen molar-refractivity contribution in [3.05, 3.63) is 29.8 Å². The summed E-state index contributed by atoms with van der Waals surface area (Å²) in [7, 11) is 0. The molecular weight excluding hydrogens is 328 g/mol. The molecule has 1 atom stereocenters. The van der Waals surface area contributed by atoms with Crippen molar-refractivity contribution in [3.8, 4) is 5.75 Å². The number of carbonyl (C=O) groups excluding carboxylic acids is 2. The number of nitrogens with zero attached hydrogens (tertiary/aromatic N) is 2. The van der Waals surface area contributed by atoms with Crippen molar-refractivity contribution in [3.63, 3.8) is 0 Å². The van der Waals surface area contributed by atoms with Crippen LogP contribution >= 0.6 is 0 Å². The monoisotopic (exact) mass is 356 g/mol. The summed E-state index contributed by atoms with van der Waals surface area (Å²) in [6.07, 6.45) is 6.48. The van der Waals surface area contributed by atoms with E-state index in [0.29, 0.717) is 29.9 Å². The van der Waals surface area contributed by atoms with Crippen LogP contribution in [0, 0.1) is 11.8 Å². The summed E-state index contributed by atoms with van der Waals surface area (Å²) in [6, 6.07) is 7.53. The van der Waals surface area contributed by atoms with Crippen molar-refractivity contribution >= 4 is 11.8 Å². The van der Waals surface area contributed by atoms with Crippen molar-refractivity contribution in [2.24, 2.45) is 11.8 Å². The fourth-order valence-corrected chi connectivity index (χ4v) is 4.03. The van der Waals surface area contributed by atoms with Gasteiger partial charge in [0.25, 0.3) is 5.91 Å². The molecule has 5 nitrogen and oxygen atoms in total. The lowest BCUT2D eigenvalue weighted by Crippen LogP contribution is -2.42. The Hall–Kier alpha value is -2.04. The van der Waals surface area contributed by atoms with E-state index in [-0.39, 0.29) is 5.91 Å². The van der Waals surface area contributed by atoms with Gasteiger partial charge in [0.15, 0.2) is 0 Å². The van der Waals surface area contributed by atoms with Crippen LogP contribution in [0.1, 0.15) is 48.9 Å². The largest absolute Gasteiger partial charge is 0.493 e. The topological polar surface area (TPSA) is 49.9 Å². The number of rotatable bonds is 5. The van der Waals surface area contributed by atoms with Gasteiger partial charge in [0.2, 0.25) is 5.91 Å². The Kier molecular flexibility index (Phi) is 5.14. The number of benzene rings is 1. The second-order valence-corrected chi connectivity index (χ2v) is 7.90. The molecule has 0 spiro atoms. The highest BCUT2D eigenvalue weighted by Crippen LogP contribution is 2.32. The molecular formula is C21H28N2O3. The lowest BCUT2D eigenvalue weighted by Gasteiger charge is -2.32. The molecule has 1 aromatic carbocycles. The van der Waals surface area contributed by atoms with Crippen LogP contribution in [0.4, 0.5) is 0 Å². The maximum absolute atomic E-state index is 12.5. The van der Waals surface area contributed by atoms with Crippen LogP contribution in [-0.2, 0) is 4.79 Å². The van der Waals surface area contributed by atoms with Crippen molar-refractivity contribution in [1.29, 1.82) is 0 Å². The van der Waals surface area contributed by atoms with Gasteiger partial charge in [-0.25, -0.2) is 0 Å². The van der Waals surface area contributed by atoms with Gasteiger partial charge in [-0.2, -0.15) is 0 Å². The minimum atomic E-state index is 0.104. The quantitative estimate of drug-likeness (QED) is 0.815. The summed E-state index contributed by atoms with van der Waals surface area (Å²) in [6.45, 7) is 4.02. The molecule has 5 heteroatoms. The second kappa shape index (κ2) is 7.68. The number of piperidine rings is 1. The molecule has 26 heavy (non-hydrogen) atoms. The van der Waals surface area contributed by atoms with Crippen LogP contribution in [-0.4, -0.2) is 54.4 Å².